The molecular formula is C16H13F19. The minimum atomic E-state index is -6.42. The average Bonchev–Trinajstić information content (AvgIpc) is 2.46. The van der Waals surface area contributed by atoms with Crippen LogP contribution in [0, 0.1) is 0 Å². The minimum Gasteiger partial charge on any atom is -0.196 e. The molecule has 0 bridgehead atoms. The molecule has 0 N–H and O–H groups in total. The summed E-state index contributed by atoms with van der Waals surface area (Å²) in [7, 11) is 0. The zero-order valence-corrected chi connectivity index (χ0v) is 17.1. The molecule has 0 aliphatic heterocycles. The Kier molecular flexibility index (Phi) is 10.7. The second kappa shape index (κ2) is 10.6. The number of hydrogen-bond donors (Lipinski definition) is 0. The summed E-state index contributed by atoms with van der Waals surface area (Å²) >= 11 is 0. The number of alkyl halides is 19. The van der Waals surface area contributed by atoms with Gasteiger partial charge in [-0.3, -0.25) is 0 Å². The summed E-state index contributed by atoms with van der Waals surface area (Å²) in [6, 6.07) is 0. The van der Waals surface area contributed by atoms with Crippen LogP contribution in [-0.2, 0) is 0 Å². The summed E-state index contributed by atoms with van der Waals surface area (Å²) in [5.41, 5.74) is -7.96. The van der Waals surface area contributed by atoms with Crippen molar-refractivity contribution in [3.8, 4) is 0 Å². The molecule has 19 heteroatoms. The fourth-order valence-electron chi connectivity index (χ4n) is 1.99. The Morgan fingerprint density at radius 2 is 0.686 bits per heavy atom. The van der Waals surface area contributed by atoms with Crippen molar-refractivity contribution in [3.05, 3.63) is 22.3 Å². The molecule has 0 heterocycles. The Balaban J connectivity index is 0. The van der Waals surface area contributed by atoms with Crippen LogP contribution in [0.15, 0.2) is 22.3 Å². The summed E-state index contributed by atoms with van der Waals surface area (Å²) in [5.74, 6) is -11.8. The van der Waals surface area contributed by atoms with Gasteiger partial charge in [-0.25, -0.2) is 0 Å². The van der Waals surface area contributed by atoms with Gasteiger partial charge in [-0.2, -0.15) is 83.4 Å². The van der Waals surface area contributed by atoms with E-state index in [0.717, 1.165) is 13.8 Å². The van der Waals surface area contributed by atoms with Gasteiger partial charge in [0.05, 0.1) is 0 Å². The molecule has 0 aromatic heterocycles. The molecule has 0 atom stereocenters. The van der Waals surface area contributed by atoms with Crippen LogP contribution in [0.1, 0.15) is 33.6 Å². The molecule has 0 rings (SSSR count). The summed E-state index contributed by atoms with van der Waals surface area (Å²) in [4.78, 5) is 0. The summed E-state index contributed by atoms with van der Waals surface area (Å²) in [5, 5.41) is 0. The minimum absolute atomic E-state index is 0.158. The zero-order valence-electron chi connectivity index (χ0n) is 17.1. The van der Waals surface area contributed by atoms with Gasteiger partial charge in [0.1, 0.15) is 5.57 Å². The molecule has 0 saturated carbocycles. The summed E-state index contributed by atoms with van der Waals surface area (Å²) in [6.45, 7) is 1.39. The predicted octanol–water partition coefficient (Wildman–Crippen LogP) is 9.49. The van der Waals surface area contributed by atoms with Crippen molar-refractivity contribution < 1.29 is 83.4 Å². The average molecular weight is 566 g/mol. The molecule has 0 saturated heterocycles. The molecule has 0 fully saturated rings. The van der Waals surface area contributed by atoms with Crippen LogP contribution in [-0.4, -0.2) is 42.7 Å². The number of rotatable bonds is 4. The van der Waals surface area contributed by atoms with Gasteiger partial charge in [-0.15, -0.1) is 0 Å². The van der Waals surface area contributed by atoms with Crippen LogP contribution in [0.4, 0.5) is 83.4 Å². The van der Waals surface area contributed by atoms with Gasteiger partial charge in [-0.1, -0.05) is 5.57 Å². The lowest BCUT2D eigenvalue weighted by Crippen LogP contribution is -2.40. The lowest BCUT2D eigenvalue weighted by atomic mass is 9.95. The van der Waals surface area contributed by atoms with E-state index in [1.54, 1.807) is 0 Å². The molecule has 0 radical (unpaired) electrons. The van der Waals surface area contributed by atoms with E-state index in [9.17, 15) is 83.4 Å². The quantitative estimate of drug-likeness (QED) is 0.235. The van der Waals surface area contributed by atoms with Gasteiger partial charge in [0.2, 0.25) is 0 Å². The van der Waals surface area contributed by atoms with Crippen molar-refractivity contribution in [1.29, 1.82) is 0 Å². The highest BCUT2D eigenvalue weighted by Gasteiger charge is 2.61. The monoisotopic (exact) mass is 566 g/mol. The largest absolute Gasteiger partial charge is 0.453 e. The van der Waals surface area contributed by atoms with E-state index >= 15 is 0 Å². The van der Waals surface area contributed by atoms with Crippen molar-refractivity contribution in [1.82, 2.24) is 0 Å². The van der Waals surface area contributed by atoms with Crippen molar-refractivity contribution in [2.45, 2.75) is 76.3 Å². The van der Waals surface area contributed by atoms with Crippen molar-refractivity contribution in [2.75, 3.05) is 0 Å². The molecule has 0 amide bonds. The van der Waals surface area contributed by atoms with Crippen LogP contribution < -0.4 is 0 Å². The standard InChI is InChI=1S/C10H7F13.C6H6F6/c1-4(8(15,16)17)5(2-6(11,12)9(18,19)20)3-7(13,14)10(21,22)23;1-3(2)4(5(7,8)9)6(10,11)12/h2-3H2,1H3;1-2H3. The fourth-order valence-corrected chi connectivity index (χ4v) is 1.99. The molecule has 0 unspecified atom stereocenters. The number of hydrogen-bond acceptors (Lipinski definition) is 0. The van der Waals surface area contributed by atoms with E-state index < -0.39 is 77.9 Å². The first kappa shape index (κ1) is 35.3. The number of allylic oxidation sites excluding steroid dienone is 4. The summed E-state index contributed by atoms with van der Waals surface area (Å²) in [6.07, 6.45) is -35.1. The molecular weight excluding hydrogens is 553 g/mol. The van der Waals surface area contributed by atoms with E-state index in [4.69, 9.17) is 0 Å². The molecule has 0 spiro atoms. The molecule has 0 aromatic carbocycles. The second-order valence-corrected chi connectivity index (χ2v) is 6.85. The maximum atomic E-state index is 12.7. The SMILES string of the molecule is CC(=C(CC(F)(F)C(F)(F)F)CC(F)(F)C(F)(F)F)C(F)(F)F.CC(C)=C(C(F)(F)F)C(F)(F)F. The van der Waals surface area contributed by atoms with Gasteiger partial charge in [-0.05, 0) is 26.3 Å². The van der Waals surface area contributed by atoms with E-state index in [1.807, 2.05) is 0 Å². The Labute approximate surface area is 183 Å². The Morgan fingerprint density at radius 1 is 0.429 bits per heavy atom. The predicted molar refractivity (Wildman–Crippen MR) is 80.5 cm³/mol. The molecule has 210 valence electrons. The Morgan fingerprint density at radius 3 is 0.800 bits per heavy atom. The smallest absolute Gasteiger partial charge is 0.196 e. The molecule has 0 aliphatic carbocycles. The van der Waals surface area contributed by atoms with Gasteiger partial charge in [0.25, 0.3) is 0 Å². The van der Waals surface area contributed by atoms with Crippen molar-refractivity contribution >= 4 is 0 Å². The molecule has 0 nitrogen and oxygen atoms in total. The fraction of sp³-hybridized carbons (Fsp3) is 0.750. The highest BCUT2D eigenvalue weighted by Crippen LogP contribution is 2.47. The maximum absolute atomic E-state index is 12.7. The van der Waals surface area contributed by atoms with Gasteiger partial charge in [0, 0.05) is 18.4 Å². The van der Waals surface area contributed by atoms with Gasteiger partial charge < -0.3 is 0 Å². The first-order chi connectivity index (χ1) is 14.8. The molecule has 0 aliphatic rings. The number of halogens is 19. The van der Waals surface area contributed by atoms with Gasteiger partial charge in [0.15, 0.2) is 0 Å². The third-order valence-corrected chi connectivity index (χ3v) is 3.72. The Hall–Kier alpha value is -1.85. The molecule has 0 aromatic rings. The van der Waals surface area contributed by atoms with E-state index in [0.29, 0.717) is 0 Å². The third-order valence-electron chi connectivity index (χ3n) is 3.72. The normalized spacial score (nSPS) is 14.2. The third kappa shape index (κ3) is 10.7. The van der Waals surface area contributed by atoms with Crippen molar-refractivity contribution in [3.63, 3.8) is 0 Å². The molecule has 35 heavy (non-hydrogen) atoms. The highest BCUT2D eigenvalue weighted by molar-refractivity contribution is 5.21. The van der Waals surface area contributed by atoms with Crippen LogP contribution in [0.2, 0.25) is 0 Å². The summed E-state index contributed by atoms with van der Waals surface area (Å²) < 4.78 is 230. The second-order valence-electron chi connectivity index (χ2n) is 6.85. The van der Waals surface area contributed by atoms with E-state index in [-0.39, 0.29) is 6.92 Å². The lowest BCUT2D eigenvalue weighted by molar-refractivity contribution is -0.289. The van der Waals surface area contributed by atoms with Crippen LogP contribution >= 0.6 is 0 Å². The Bertz CT molecular complexity index is 711. The van der Waals surface area contributed by atoms with Crippen LogP contribution in [0.3, 0.4) is 0 Å². The van der Waals surface area contributed by atoms with Gasteiger partial charge >= 0.3 is 42.7 Å². The first-order valence-corrected chi connectivity index (χ1v) is 8.25. The van der Waals surface area contributed by atoms with Crippen molar-refractivity contribution in [2.24, 2.45) is 0 Å². The van der Waals surface area contributed by atoms with E-state index in [2.05, 4.69) is 0 Å². The topological polar surface area (TPSA) is 0 Å². The lowest BCUT2D eigenvalue weighted by Gasteiger charge is -2.26. The maximum Gasteiger partial charge on any atom is 0.453 e. The zero-order chi connectivity index (χ0) is 29.2. The van der Waals surface area contributed by atoms with E-state index in [1.165, 1.54) is 0 Å². The van der Waals surface area contributed by atoms with Crippen LogP contribution in [0.25, 0.3) is 0 Å². The van der Waals surface area contributed by atoms with Crippen LogP contribution in [0.5, 0.6) is 0 Å². The highest BCUT2D eigenvalue weighted by atomic mass is 19.4. The first-order valence-electron chi connectivity index (χ1n) is 8.25.